The summed E-state index contributed by atoms with van der Waals surface area (Å²) in [6.07, 6.45) is 5.52. The number of hydrogen-bond donors (Lipinski definition) is 3. The summed E-state index contributed by atoms with van der Waals surface area (Å²) in [7, 11) is 0. The highest BCUT2D eigenvalue weighted by Crippen LogP contribution is 2.60. The summed E-state index contributed by atoms with van der Waals surface area (Å²) in [6, 6.07) is 6.37. The van der Waals surface area contributed by atoms with Crippen LogP contribution in [0.5, 0.6) is 5.75 Å². The van der Waals surface area contributed by atoms with Gasteiger partial charge >= 0.3 is 6.61 Å². The number of benzene rings is 1. The number of aliphatic hydroxyl groups is 1. The molecule has 0 radical (unpaired) electrons. The number of nitrogens with one attached hydrogen (secondary N) is 2. The molecule has 1 heterocycles. The number of ether oxygens (including phenoxy) is 2. The first-order valence-electron chi connectivity index (χ1n) is 10.9. The van der Waals surface area contributed by atoms with E-state index in [4.69, 9.17) is 4.74 Å². The van der Waals surface area contributed by atoms with Crippen molar-refractivity contribution in [3.05, 3.63) is 29.8 Å². The Balaban J connectivity index is 0.00000272. The Kier molecular flexibility index (Phi) is 8.37. The standard InChI is InChI=1S/C22H31F2N3O3.HI/c1-2-25-21(26-13-17(28)14-5-7-15(8-6-14)30-20(23)24)27-18-16-9-12-29-19(16)22(18)10-3-4-11-22;/h5-8,16-20,28H,2-4,9-13H2,1H3,(H2,25,26,27);1H. The molecule has 4 unspecified atom stereocenters. The molecule has 4 rings (SSSR count). The van der Waals surface area contributed by atoms with Crippen LogP contribution in [0, 0.1) is 11.3 Å². The van der Waals surface area contributed by atoms with Crippen LogP contribution < -0.4 is 15.4 Å². The summed E-state index contributed by atoms with van der Waals surface area (Å²) < 4.78 is 35.0. The van der Waals surface area contributed by atoms with Gasteiger partial charge in [0.1, 0.15) is 5.75 Å². The van der Waals surface area contributed by atoms with Crippen molar-refractivity contribution in [1.82, 2.24) is 10.6 Å². The summed E-state index contributed by atoms with van der Waals surface area (Å²) in [6.45, 7) is 0.898. The molecule has 1 aromatic rings. The number of aliphatic imine (C=N–C) groups is 1. The second-order valence-electron chi connectivity index (χ2n) is 8.49. The number of halogens is 3. The Hall–Kier alpha value is -1.20. The van der Waals surface area contributed by atoms with Gasteiger partial charge in [0.15, 0.2) is 5.96 Å². The minimum Gasteiger partial charge on any atom is -0.435 e. The second kappa shape index (κ2) is 10.6. The summed E-state index contributed by atoms with van der Waals surface area (Å²) in [5.41, 5.74) is 0.827. The Morgan fingerprint density at radius 3 is 2.65 bits per heavy atom. The minimum atomic E-state index is -2.86. The third-order valence-corrected chi connectivity index (χ3v) is 6.83. The predicted octanol–water partition coefficient (Wildman–Crippen LogP) is 3.84. The highest BCUT2D eigenvalue weighted by molar-refractivity contribution is 14.0. The Labute approximate surface area is 199 Å². The van der Waals surface area contributed by atoms with Crippen molar-refractivity contribution >= 4 is 29.9 Å². The SMILES string of the molecule is CCNC(=NCC(O)c1ccc(OC(F)F)cc1)NC1C2CCOC2C12CCCC2.I. The molecule has 0 amide bonds. The molecule has 4 atom stereocenters. The number of rotatable bonds is 7. The molecule has 9 heteroatoms. The third-order valence-electron chi connectivity index (χ3n) is 6.83. The summed E-state index contributed by atoms with van der Waals surface area (Å²) in [5, 5.41) is 17.4. The Morgan fingerprint density at radius 2 is 2.00 bits per heavy atom. The Morgan fingerprint density at radius 1 is 1.29 bits per heavy atom. The van der Waals surface area contributed by atoms with Crippen LogP contribution >= 0.6 is 24.0 Å². The molecular weight excluding hydrogens is 519 g/mol. The van der Waals surface area contributed by atoms with Gasteiger partial charge in [0.2, 0.25) is 0 Å². The number of alkyl halides is 2. The van der Waals surface area contributed by atoms with Crippen LogP contribution in [-0.2, 0) is 4.74 Å². The topological polar surface area (TPSA) is 75.1 Å². The number of nitrogens with zero attached hydrogens (tertiary/aromatic N) is 1. The molecule has 1 aliphatic heterocycles. The maximum Gasteiger partial charge on any atom is 0.387 e. The normalized spacial score (nSPS) is 27.4. The molecule has 0 aromatic heterocycles. The van der Waals surface area contributed by atoms with E-state index in [1.54, 1.807) is 12.1 Å². The van der Waals surface area contributed by atoms with Crippen molar-refractivity contribution in [3.63, 3.8) is 0 Å². The molecule has 0 bridgehead atoms. The van der Waals surface area contributed by atoms with Gasteiger partial charge in [-0.15, -0.1) is 24.0 Å². The largest absolute Gasteiger partial charge is 0.435 e. The molecule has 6 nitrogen and oxygen atoms in total. The summed E-state index contributed by atoms with van der Waals surface area (Å²) in [4.78, 5) is 4.60. The molecule has 3 N–H and O–H groups in total. The lowest BCUT2D eigenvalue weighted by Gasteiger charge is -2.57. The van der Waals surface area contributed by atoms with Crippen molar-refractivity contribution in [1.29, 1.82) is 0 Å². The van der Waals surface area contributed by atoms with Crippen LogP contribution in [0.2, 0.25) is 0 Å². The van der Waals surface area contributed by atoms with Crippen molar-refractivity contribution < 1.29 is 23.4 Å². The van der Waals surface area contributed by atoms with E-state index in [9.17, 15) is 13.9 Å². The monoisotopic (exact) mass is 551 g/mol. The molecular formula is C22H32F2IN3O3. The quantitative estimate of drug-likeness (QED) is 0.273. The molecule has 1 aromatic carbocycles. The van der Waals surface area contributed by atoms with Gasteiger partial charge in [0.25, 0.3) is 0 Å². The zero-order valence-corrected chi connectivity index (χ0v) is 20.1. The van der Waals surface area contributed by atoms with E-state index < -0.39 is 12.7 Å². The van der Waals surface area contributed by atoms with Crippen LogP contribution in [0.1, 0.15) is 50.7 Å². The number of hydrogen-bond acceptors (Lipinski definition) is 4. The number of aliphatic hydroxyl groups excluding tert-OH is 1. The molecule has 1 saturated heterocycles. The minimum absolute atomic E-state index is 0. The van der Waals surface area contributed by atoms with Crippen LogP contribution in [0.3, 0.4) is 0 Å². The smallest absolute Gasteiger partial charge is 0.387 e. The molecule has 3 aliphatic rings. The lowest BCUT2D eigenvalue weighted by Crippen LogP contribution is -2.69. The maximum atomic E-state index is 12.3. The highest BCUT2D eigenvalue weighted by Gasteiger charge is 2.65. The highest BCUT2D eigenvalue weighted by atomic mass is 127. The fourth-order valence-electron chi connectivity index (χ4n) is 5.53. The van der Waals surface area contributed by atoms with Gasteiger partial charge in [0, 0.05) is 30.5 Å². The van der Waals surface area contributed by atoms with Gasteiger partial charge in [-0.05, 0) is 43.9 Å². The van der Waals surface area contributed by atoms with E-state index in [-0.39, 0.29) is 41.7 Å². The molecule has 2 aliphatic carbocycles. The number of guanidine groups is 1. The van der Waals surface area contributed by atoms with E-state index in [2.05, 4.69) is 20.4 Å². The van der Waals surface area contributed by atoms with Crippen LogP contribution in [0.15, 0.2) is 29.3 Å². The van der Waals surface area contributed by atoms with Gasteiger partial charge in [-0.1, -0.05) is 25.0 Å². The lowest BCUT2D eigenvalue weighted by atomic mass is 9.54. The predicted molar refractivity (Wildman–Crippen MR) is 125 cm³/mol. The maximum absolute atomic E-state index is 12.3. The van der Waals surface area contributed by atoms with Gasteiger partial charge in [-0.25, -0.2) is 0 Å². The zero-order chi connectivity index (χ0) is 21.1. The van der Waals surface area contributed by atoms with E-state index in [0.29, 0.717) is 29.6 Å². The van der Waals surface area contributed by atoms with Gasteiger partial charge < -0.3 is 25.2 Å². The fraction of sp³-hybridized carbons (Fsp3) is 0.682. The van der Waals surface area contributed by atoms with Crippen LogP contribution in [0.25, 0.3) is 0 Å². The molecule has 174 valence electrons. The summed E-state index contributed by atoms with van der Waals surface area (Å²) in [5.74, 6) is 1.30. The zero-order valence-electron chi connectivity index (χ0n) is 17.7. The number of fused-ring (bicyclic) bond motifs is 2. The Bertz CT molecular complexity index is 744. The van der Waals surface area contributed by atoms with Gasteiger partial charge in [-0.3, -0.25) is 4.99 Å². The van der Waals surface area contributed by atoms with Crippen LogP contribution in [0.4, 0.5) is 8.78 Å². The lowest BCUT2D eigenvalue weighted by molar-refractivity contribution is -0.125. The first-order valence-corrected chi connectivity index (χ1v) is 10.9. The molecule has 31 heavy (non-hydrogen) atoms. The van der Waals surface area contributed by atoms with E-state index >= 15 is 0 Å². The van der Waals surface area contributed by atoms with E-state index in [0.717, 1.165) is 19.6 Å². The first kappa shape index (κ1) is 24.4. The van der Waals surface area contributed by atoms with Crippen molar-refractivity contribution in [2.75, 3.05) is 19.7 Å². The van der Waals surface area contributed by atoms with Crippen molar-refractivity contribution in [2.24, 2.45) is 16.3 Å². The first-order chi connectivity index (χ1) is 14.5. The van der Waals surface area contributed by atoms with E-state index in [1.165, 1.54) is 37.8 Å². The van der Waals surface area contributed by atoms with Crippen molar-refractivity contribution in [2.45, 2.75) is 63.9 Å². The fourth-order valence-corrected chi connectivity index (χ4v) is 5.53. The van der Waals surface area contributed by atoms with Crippen LogP contribution in [-0.4, -0.2) is 49.5 Å². The molecule has 1 spiro atoms. The molecule has 2 saturated carbocycles. The van der Waals surface area contributed by atoms with Gasteiger partial charge in [0.05, 0.1) is 18.8 Å². The molecule has 3 fully saturated rings. The van der Waals surface area contributed by atoms with Crippen molar-refractivity contribution in [3.8, 4) is 5.75 Å². The summed E-state index contributed by atoms with van der Waals surface area (Å²) >= 11 is 0. The average molecular weight is 551 g/mol. The average Bonchev–Trinajstić information content (AvgIpc) is 3.39. The second-order valence-corrected chi connectivity index (χ2v) is 8.49. The third kappa shape index (κ3) is 5.08. The van der Waals surface area contributed by atoms with Gasteiger partial charge in [-0.2, -0.15) is 8.78 Å². The van der Waals surface area contributed by atoms with E-state index in [1.807, 2.05) is 6.92 Å².